The normalized spacial score (nSPS) is 14.5. The number of rotatable bonds is 6. The fourth-order valence-corrected chi connectivity index (χ4v) is 3.40. The lowest BCUT2D eigenvalue weighted by Gasteiger charge is -2.29. The predicted octanol–water partition coefficient (Wildman–Crippen LogP) is 3.38. The first-order chi connectivity index (χ1) is 15.1. The highest BCUT2D eigenvalue weighted by molar-refractivity contribution is 5.96. The van der Waals surface area contributed by atoms with E-state index in [2.05, 4.69) is 5.32 Å². The number of amides is 2. The van der Waals surface area contributed by atoms with Crippen molar-refractivity contribution in [3.63, 3.8) is 0 Å². The van der Waals surface area contributed by atoms with Crippen molar-refractivity contribution in [3.05, 3.63) is 84.4 Å². The maximum absolute atomic E-state index is 12.5. The van der Waals surface area contributed by atoms with Gasteiger partial charge in [-0.3, -0.25) is 9.59 Å². The summed E-state index contributed by atoms with van der Waals surface area (Å²) in [5, 5.41) is 2.69. The van der Waals surface area contributed by atoms with Gasteiger partial charge >= 0.3 is 0 Å². The second-order valence-corrected chi connectivity index (χ2v) is 7.40. The van der Waals surface area contributed by atoms with E-state index < -0.39 is 0 Å². The maximum Gasteiger partial charge on any atom is 0.251 e. The summed E-state index contributed by atoms with van der Waals surface area (Å²) in [4.78, 5) is 26.4. The molecule has 1 aliphatic heterocycles. The molecule has 31 heavy (non-hydrogen) atoms. The highest BCUT2D eigenvalue weighted by atomic mass is 16.6. The van der Waals surface area contributed by atoms with Crippen LogP contribution in [-0.2, 0) is 4.79 Å². The third-order valence-electron chi connectivity index (χ3n) is 5.13. The van der Waals surface area contributed by atoms with Gasteiger partial charge in [-0.2, -0.15) is 0 Å². The van der Waals surface area contributed by atoms with Crippen LogP contribution in [0.1, 0.15) is 10.4 Å². The molecule has 6 heteroatoms. The molecule has 1 aliphatic rings. The van der Waals surface area contributed by atoms with Crippen molar-refractivity contribution in [1.82, 2.24) is 10.2 Å². The molecule has 0 fully saturated rings. The molecule has 158 valence electrons. The number of nitrogens with one attached hydrogen (secondary N) is 1. The first kappa shape index (κ1) is 20.5. The standard InChI is InChI=1S/C25H24N2O4/c1-27(16-21-17-30-22-9-5-6-10-23(22)31-21)24(28)15-26-25(29)20-13-11-19(12-14-20)18-7-3-2-4-8-18/h2-14,21H,15-17H2,1H3,(H,26,29)/t21-/m1/s1. The van der Waals surface area contributed by atoms with Gasteiger partial charge in [0.2, 0.25) is 5.91 Å². The molecule has 0 aromatic heterocycles. The Bertz CT molecular complexity index is 1050. The fraction of sp³-hybridized carbons (Fsp3) is 0.200. The van der Waals surface area contributed by atoms with E-state index in [9.17, 15) is 9.59 Å². The van der Waals surface area contributed by atoms with E-state index in [-0.39, 0.29) is 24.5 Å². The lowest BCUT2D eigenvalue weighted by atomic mass is 10.0. The molecule has 0 aliphatic carbocycles. The fourth-order valence-electron chi connectivity index (χ4n) is 3.40. The summed E-state index contributed by atoms with van der Waals surface area (Å²) < 4.78 is 11.6. The van der Waals surface area contributed by atoms with Crippen LogP contribution in [0.3, 0.4) is 0 Å². The second-order valence-electron chi connectivity index (χ2n) is 7.40. The Morgan fingerprint density at radius 1 is 0.903 bits per heavy atom. The molecule has 0 saturated carbocycles. The Labute approximate surface area is 181 Å². The predicted molar refractivity (Wildman–Crippen MR) is 118 cm³/mol. The van der Waals surface area contributed by atoms with Crippen molar-refractivity contribution < 1.29 is 19.1 Å². The summed E-state index contributed by atoms with van der Waals surface area (Å²) in [6.45, 7) is 0.656. The molecular formula is C25H24N2O4. The van der Waals surface area contributed by atoms with Crippen molar-refractivity contribution >= 4 is 11.8 Å². The Balaban J connectivity index is 1.27. The van der Waals surface area contributed by atoms with Crippen LogP contribution in [0.4, 0.5) is 0 Å². The van der Waals surface area contributed by atoms with Crippen LogP contribution in [0.2, 0.25) is 0 Å². The average molecular weight is 416 g/mol. The minimum atomic E-state index is -0.285. The molecule has 3 aromatic rings. The van der Waals surface area contributed by atoms with Crippen LogP contribution in [0.5, 0.6) is 11.5 Å². The molecule has 1 N–H and O–H groups in total. The first-order valence-electron chi connectivity index (χ1n) is 10.2. The topological polar surface area (TPSA) is 67.9 Å². The zero-order valence-electron chi connectivity index (χ0n) is 17.3. The summed E-state index contributed by atoms with van der Waals surface area (Å²) in [6, 6.07) is 24.7. The molecule has 4 rings (SSSR count). The number of likely N-dealkylation sites (N-methyl/N-ethyl adjacent to an activating group) is 1. The Morgan fingerprint density at radius 2 is 1.55 bits per heavy atom. The summed E-state index contributed by atoms with van der Waals surface area (Å²) in [7, 11) is 1.69. The van der Waals surface area contributed by atoms with Crippen LogP contribution in [0.15, 0.2) is 78.9 Å². The van der Waals surface area contributed by atoms with Crippen LogP contribution >= 0.6 is 0 Å². The highest BCUT2D eigenvalue weighted by Crippen LogP contribution is 2.30. The SMILES string of the molecule is CN(C[C@@H]1COc2ccccc2O1)C(=O)CNC(=O)c1ccc(-c2ccccc2)cc1. The average Bonchev–Trinajstić information content (AvgIpc) is 2.83. The number of benzene rings is 3. The Hall–Kier alpha value is -3.80. The number of hydrogen-bond acceptors (Lipinski definition) is 4. The molecule has 1 heterocycles. The zero-order chi connectivity index (χ0) is 21.6. The monoisotopic (exact) mass is 416 g/mol. The third kappa shape index (κ3) is 5.04. The van der Waals surface area contributed by atoms with Gasteiger partial charge in [-0.05, 0) is 35.4 Å². The molecule has 0 unspecified atom stereocenters. The van der Waals surface area contributed by atoms with E-state index in [1.165, 1.54) is 0 Å². The number of carbonyl (C=O) groups excluding carboxylic acids is 2. The molecule has 6 nitrogen and oxygen atoms in total. The number of hydrogen-bond donors (Lipinski definition) is 1. The summed E-state index contributed by atoms with van der Waals surface area (Å²) in [5.74, 6) is 0.898. The van der Waals surface area contributed by atoms with Crippen LogP contribution < -0.4 is 14.8 Å². The van der Waals surface area contributed by atoms with Crippen molar-refractivity contribution in [2.24, 2.45) is 0 Å². The highest BCUT2D eigenvalue weighted by Gasteiger charge is 2.23. The van der Waals surface area contributed by atoms with Crippen LogP contribution in [0, 0.1) is 0 Å². The quantitative estimate of drug-likeness (QED) is 0.669. The smallest absolute Gasteiger partial charge is 0.251 e. The summed E-state index contributed by atoms with van der Waals surface area (Å²) in [6.07, 6.45) is -0.259. The van der Waals surface area contributed by atoms with Gasteiger partial charge in [-0.1, -0.05) is 54.6 Å². The van der Waals surface area contributed by atoms with Crippen molar-refractivity contribution in [2.45, 2.75) is 6.10 Å². The lowest BCUT2D eigenvalue weighted by molar-refractivity contribution is -0.130. The van der Waals surface area contributed by atoms with Gasteiger partial charge < -0.3 is 19.7 Å². The minimum Gasteiger partial charge on any atom is -0.486 e. The molecule has 3 aromatic carbocycles. The number of carbonyl (C=O) groups is 2. The Kier molecular flexibility index (Phi) is 6.17. The van der Waals surface area contributed by atoms with E-state index in [0.717, 1.165) is 11.1 Å². The number of fused-ring (bicyclic) bond motifs is 1. The van der Waals surface area contributed by atoms with Gasteiger partial charge in [0.1, 0.15) is 6.61 Å². The van der Waals surface area contributed by atoms with Gasteiger partial charge in [0.05, 0.1) is 13.1 Å². The van der Waals surface area contributed by atoms with Gasteiger partial charge in [0.15, 0.2) is 17.6 Å². The van der Waals surface area contributed by atoms with Gasteiger partial charge in [-0.25, -0.2) is 0 Å². The van der Waals surface area contributed by atoms with Gasteiger partial charge in [0, 0.05) is 12.6 Å². The number of ether oxygens (including phenoxy) is 2. The maximum atomic E-state index is 12.5. The van der Waals surface area contributed by atoms with Crippen LogP contribution in [-0.4, -0.2) is 49.6 Å². The molecule has 0 spiro atoms. The van der Waals surface area contributed by atoms with Gasteiger partial charge in [-0.15, -0.1) is 0 Å². The minimum absolute atomic E-state index is 0.0834. The number of nitrogens with zero attached hydrogens (tertiary/aromatic N) is 1. The van der Waals surface area contributed by atoms with E-state index in [1.54, 1.807) is 24.1 Å². The largest absolute Gasteiger partial charge is 0.486 e. The van der Waals surface area contributed by atoms with Crippen LogP contribution in [0.25, 0.3) is 11.1 Å². The molecule has 1 atom stereocenters. The third-order valence-corrected chi connectivity index (χ3v) is 5.13. The van der Waals surface area contributed by atoms with E-state index >= 15 is 0 Å². The van der Waals surface area contributed by atoms with Gasteiger partial charge in [0.25, 0.3) is 5.91 Å². The van der Waals surface area contributed by atoms with E-state index in [1.807, 2.05) is 66.7 Å². The molecule has 2 amide bonds. The van der Waals surface area contributed by atoms with E-state index in [4.69, 9.17) is 9.47 Å². The zero-order valence-corrected chi connectivity index (χ0v) is 17.3. The molecular weight excluding hydrogens is 392 g/mol. The van der Waals surface area contributed by atoms with E-state index in [0.29, 0.717) is 30.2 Å². The molecule has 0 bridgehead atoms. The summed E-state index contributed by atoms with van der Waals surface area (Å²) in [5.41, 5.74) is 2.63. The first-order valence-corrected chi connectivity index (χ1v) is 10.2. The second kappa shape index (κ2) is 9.34. The summed E-state index contributed by atoms with van der Waals surface area (Å²) >= 11 is 0. The van der Waals surface area contributed by atoms with Crippen molar-refractivity contribution in [3.8, 4) is 22.6 Å². The Morgan fingerprint density at radius 3 is 2.29 bits per heavy atom. The lowest BCUT2D eigenvalue weighted by Crippen LogP contribution is -2.45. The number of para-hydroxylation sites is 2. The molecule has 0 saturated heterocycles. The molecule has 0 radical (unpaired) electrons. The van der Waals surface area contributed by atoms with Crippen molar-refractivity contribution in [1.29, 1.82) is 0 Å². The van der Waals surface area contributed by atoms with Crippen molar-refractivity contribution in [2.75, 3.05) is 26.7 Å².